The van der Waals surface area contributed by atoms with Gasteiger partial charge in [0, 0.05) is 56.5 Å². The Balaban J connectivity index is 1.27. The minimum Gasteiger partial charge on any atom is -0.481 e. The Bertz CT molecular complexity index is 1030. The van der Waals surface area contributed by atoms with Gasteiger partial charge in [0.2, 0.25) is 0 Å². The molecule has 1 aliphatic carbocycles. The highest BCUT2D eigenvalue weighted by Gasteiger charge is 2.44. The van der Waals surface area contributed by atoms with Crippen LogP contribution < -0.4 is 0 Å². The molecule has 1 aromatic heterocycles. The molecule has 0 spiro atoms. The van der Waals surface area contributed by atoms with E-state index in [2.05, 4.69) is 38.6 Å². The highest BCUT2D eigenvalue weighted by Crippen LogP contribution is 2.41. The predicted octanol–water partition coefficient (Wildman–Crippen LogP) is 4.97. The van der Waals surface area contributed by atoms with E-state index >= 15 is 0 Å². The summed E-state index contributed by atoms with van der Waals surface area (Å²) in [5.74, 6) is 0.339. The van der Waals surface area contributed by atoms with Gasteiger partial charge in [-0.3, -0.25) is 9.48 Å². The van der Waals surface area contributed by atoms with Crippen LogP contribution >= 0.6 is 0 Å². The Morgan fingerprint density at radius 3 is 2.58 bits per heavy atom. The van der Waals surface area contributed by atoms with E-state index in [0.717, 1.165) is 89.8 Å². The van der Waals surface area contributed by atoms with Crippen LogP contribution in [0, 0.1) is 17.2 Å². The molecule has 0 bridgehead atoms. The number of halogens is 1. The predicted molar refractivity (Wildman–Crippen MR) is 139 cm³/mol. The maximum atomic E-state index is 14.2. The fourth-order valence-electron chi connectivity index (χ4n) is 7.18. The zero-order valence-electron chi connectivity index (χ0n) is 21.6. The fourth-order valence-corrected chi connectivity index (χ4v) is 7.18. The van der Waals surface area contributed by atoms with Crippen molar-refractivity contribution in [3.8, 4) is 0 Å². The number of carboxylic acid groups (broad SMARTS) is 1. The van der Waals surface area contributed by atoms with E-state index < -0.39 is 11.4 Å². The molecule has 0 radical (unpaired) electrons. The van der Waals surface area contributed by atoms with Crippen LogP contribution in [0.2, 0.25) is 0 Å². The molecular formula is C29H41FN4O2. The van der Waals surface area contributed by atoms with Crippen molar-refractivity contribution in [3.63, 3.8) is 0 Å². The molecule has 7 heteroatoms. The topological polar surface area (TPSA) is 61.6 Å². The number of aliphatic carboxylic acids is 1. The van der Waals surface area contributed by atoms with Gasteiger partial charge >= 0.3 is 5.97 Å². The monoisotopic (exact) mass is 496 g/mol. The molecule has 1 aromatic carbocycles. The number of rotatable bonds is 8. The Hall–Kier alpha value is -2.25. The number of aryl methyl sites for hydroxylation is 1. The molecule has 1 N–H and O–H groups in total. The minimum atomic E-state index is -0.638. The third-order valence-electron chi connectivity index (χ3n) is 9.13. The zero-order chi connectivity index (χ0) is 25.1. The molecule has 1 saturated carbocycles. The Morgan fingerprint density at radius 1 is 1.11 bits per heavy atom. The van der Waals surface area contributed by atoms with E-state index in [4.69, 9.17) is 0 Å². The van der Waals surface area contributed by atoms with Gasteiger partial charge in [-0.15, -0.1) is 0 Å². The normalized spacial score (nSPS) is 25.8. The summed E-state index contributed by atoms with van der Waals surface area (Å²) in [5, 5.41) is 14.6. The quantitative estimate of drug-likeness (QED) is 0.559. The van der Waals surface area contributed by atoms with E-state index in [9.17, 15) is 14.3 Å². The van der Waals surface area contributed by atoms with Crippen molar-refractivity contribution in [1.82, 2.24) is 19.6 Å². The number of carboxylic acids is 1. The lowest BCUT2D eigenvalue weighted by atomic mass is 9.73. The van der Waals surface area contributed by atoms with Gasteiger partial charge < -0.3 is 14.9 Å². The summed E-state index contributed by atoms with van der Waals surface area (Å²) in [4.78, 5) is 17.3. The third kappa shape index (κ3) is 5.37. The first kappa shape index (κ1) is 25.4. The van der Waals surface area contributed by atoms with Gasteiger partial charge in [-0.25, -0.2) is 4.39 Å². The zero-order valence-corrected chi connectivity index (χ0v) is 21.6. The minimum absolute atomic E-state index is 0.188. The number of nitrogens with zero attached hydrogens (tertiary/aromatic N) is 4. The molecule has 2 aliphatic heterocycles. The summed E-state index contributed by atoms with van der Waals surface area (Å²) < 4.78 is 16.3. The summed E-state index contributed by atoms with van der Waals surface area (Å²) in [5.41, 5.74) is 1.78. The van der Waals surface area contributed by atoms with Crippen molar-refractivity contribution in [2.24, 2.45) is 11.3 Å². The van der Waals surface area contributed by atoms with Crippen molar-refractivity contribution in [2.75, 3.05) is 39.3 Å². The van der Waals surface area contributed by atoms with Gasteiger partial charge in [0.25, 0.3) is 0 Å². The molecule has 0 amide bonds. The first-order chi connectivity index (χ1) is 17.5. The van der Waals surface area contributed by atoms with Crippen LogP contribution in [0.1, 0.15) is 75.0 Å². The largest absolute Gasteiger partial charge is 0.481 e. The Kier molecular flexibility index (Phi) is 7.77. The SMILES string of the molecule is CCn1nccc1C1CCN(C[C@H]2CN(CC3(C(=O)O)CCCCC3)C[C@@H]2c2cccc(F)c2)CC1. The summed E-state index contributed by atoms with van der Waals surface area (Å²) in [6, 6.07) is 9.23. The highest BCUT2D eigenvalue weighted by molar-refractivity contribution is 5.75. The van der Waals surface area contributed by atoms with Crippen LogP contribution in [0.15, 0.2) is 36.5 Å². The molecule has 5 rings (SSSR count). The Morgan fingerprint density at radius 2 is 1.89 bits per heavy atom. The second kappa shape index (κ2) is 11.0. The lowest BCUT2D eigenvalue weighted by Crippen LogP contribution is -2.44. The van der Waals surface area contributed by atoms with Gasteiger partial charge in [0.15, 0.2) is 0 Å². The van der Waals surface area contributed by atoms with Gasteiger partial charge in [-0.05, 0) is 75.4 Å². The van der Waals surface area contributed by atoms with Crippen LogP contribution in [0.4, 0.5) is 4.39 Å². The van der Waals surface area contributed by atoms with Crippen molar-refractivity contribution in [3.05, 3.63) is 53.6 Å². The maximum absolute atomic E-state index is 14.2. The van der Waals surface area contributed by atoms with Crippen molar-refractivity contribution >= 4 is 5.97 Å². The molecule has 196 valence electrons. The molecule has 2 aromatic rings. The molecule has 3 heterocycles. The average Bonchev–Trinajstić information content (AvgIpc) is 3.52. The summed E-state index contributed by atoms with van der Waals surface area (Å²) in [6.45, 7) is 8.48. The van der Waals surface area contributed by atoms with Gasteiger partial charge in [0.05, 0.1) is 5.41 Å². The molecule has 0 unspecified atom stereocenters. The number of likely N-dealkylation sites (tertiary alicyclic amines) is 2. The molecular weight excluding hydrogens is 455 g/mol. The number of carbonyl (C=O) groups is 1. The van der Waals surface area contributed by atoms with Crippen LogP contribution in [0.3, 0.4) is 0 Å². The molecule has 36 heavy (non-hydrogen) atoms. The van der Waals surface area contributed by atoms with E-state index in [1.807, 2.05) is 12.3 Å². The van der Waals surface area contributed by atoms with E-state index in [1.54, 1.807) is 6.07 Å². The summed E-state index contributed by atoms with van der Waals surface area (Å²) in [6.07, 6.45) is 8.87. The standard InChI is InChI=1S/C29H41FN4O2/c1-2-34-27(9-14-31-34)22-10-15-32(16-11-22)18-24-19-33(20-26(24)23-7-6-8-25(30)17-23)21-29(28(35)36)12-4-3-5-13-29/h6-9,14,17,22,24,26H,2-5,10-13,15-16,18-21H2,1H3,(H,35,36)/t24-,26+/m0/s1. The average molecular weight is 497 g/mol. The van der Waals surface area contributed by atoms with Crippen LogP contribution in [-0.2, 0) is 11.3 Å². The second-order valence-corrected chi connectivity index (χ2v) is 11.4. The smallest absolute Gasteiger partial charge is 0.310 e. The fraction of sp³-hybridized carbons (Fsp3) is 0.655. The molecule has 2 atom stereocenters. The lowest BCUT2D eigenvalue weighted by Gasteiger charge is -2.37. The lowest BCUT2D eigenvalue weighted by molar-refractivity contribution is -0.152. The number of piperidine rings is 1. The van der Waals surface area contributed by atoms with Crippen molar-refractivity contribution < 1.29 is 14.3 Å². The van der Waals surface area contributed by atoms with Crippen molar-refractivity contribution in [1.29, 1.82) is 0 Å². The van der Waals surface area contributed by atoms with E-state index in [1.165, 1.54) is 11.8 Å². The summed E-state index contributed by atoms with van der Waals surface area (Å²) >= 11 is 0. The number of hydrogen-bond acceptors (Lipinski definition) is 4. The van der Waals surface area contributed by atoms with Gasteiger partial charge in [-0.2, -0.15) is 5.10 Å². The second-order valence-electron chi connectivity index (χ2n) is 11.4. The van der Waals surface area contributed by atoms with Crippen molar-refractivity contribution in [2.45, 2.75) is 70.3 Å². The maximum Gasteiger partial charge on any atom is 0.310 e. The first-order valence-corrected chi connectivity index (χ1v) is 13.9. The molecule has 2 saturated heterocycles. The Labute approximate surface area is 214 Å². The van der Waals surface area contributed by atoms with Crippen LogP contribution in [-0.4, -0.2) is 69.9 Å². The van der Waals surface area contributed by atoms with Crippen LogP contribution in [0.25, 0.3) is 0 Å². The number of benzene rings is 1. The van der Waals surface area contributed by atoms with Gasteiger partial charge in [0.1, 0.15) is 5.82 Å². The summed E-state index contributed by atoms with van der Waals surface area (Å²) in [7, 11) is 0. The number of aromatic nitrogens is 2. The highest BCUT2D eigenvalue weighted by atomic mass is 19.1. The van der Waals surface area contributed by atoms with E-state index in [-0.39, 0.29) is 11.7 Å². The number of hydrogen-bond donors (Lipinski definition) is 1. The first-order valence-electron chi connectivity index (χ1n) is 13.9. The molecule has 6 nitrogen and oxygen atoms in total. The van der Waals surface area contributed by atoms with Crippen LogP contribution in [0.5, 0.6) is 0 Å². The molecule has 3 fully saturated rings. The van der Waals surface area contributed by atoms with E-state index in [0.29, 0.717) is 18.4 Å². The molecule has 3 aliphatic rings. The van der Waals surface area contributed by atoms with Gasteiger partial charge in [-0.1, -0.05) is 31.4 Å². The third-order valence-corrected chi connectivity index (χ3v) is 9.13.